The highest BCUT2D eigenvalue weighted by Crippen LogP contribution is 2.19. The maximum Gasteiger partial charge on any atom is 0.244 e. The average Bonchev–Trinajstić information content (AvgIpc) is 2.76. The Bertz CT molecular complexity index is 747. The number of hydrogen-bond acceptors (Lipinski definition) is 2. The zero-order chi connectivity index (χ0) is 13.9. The van der Waals surface area contributed by atoms with Crippen molar-refractivity contribution in [1.29, 1.82) is 0 Å². The number of para-hydroxylation sites is 1. The lowest BCUT2D eigenvalue weighted by atomic mass is 10.2. The van der Waals surface area contributed by atoms with Crippen LogP contribution in [0, 0.1) is 6.92 Å². The van der Waals surface area contributed by atoms with Crippen molar-refractivity contribution in [2.24, 2.45) is 0 Å². The van der Waals surface area contributed by atoms with E-state index in [2.05, 4.69) is 22.4 Å². The minimum Gasteiger partial charge on any atom is -0.335 e. The number of amides is 1. The summed E-state index contributed by atoms with van der Waals surface area (Å²) in [6.07, 6.45) is 3.32. The first kappa shape index (κ1) is 12.4. The Hall–Kier alpha value is -2.62. The second-order valence-corrected chi connectivity index (χ2v) is 4.72. The molecule has 0 unspecified atom stereocenters. The Kier molecular flexibility index (Phi) is 3.21. The summed E-state index contributed by atoms with van der Waals surface area (Å²) in [6.45, 7) is 2.31. The van der Waals surface area contributed by atoms with Crippen molar-refractivity contribution in [3.8, 4) is 0 Å². The monoisotopic (exact) mass is 265 g/mol. The molecule has 0 radical (unpaired) electrons. The number of benzene rings is 1. The van der Waals surface area contributed by atoms with Gasteiger partial charge in [-0.3, -0.25) is 9.78 Å². The fourth-order valence-electron chi connectivity index (χ4n) is 2.34. The highest BCUT2D eigenvalue weighted by atomic mass is 16.1. The number of carbonyl (C=O) groups is 1. The van der Waals surface area contributed by atoms with Gasteiger partial charge in [-0.1, -0.05) is 18.2 Å². The number of carbonyl (C=O) groups excluding carboxylic acids is 1. The van der Waals surface area contributed by atoms with Crippen LogP contribution in [0.2, 0.25) is 0 Å². The quantitative estimate of drug-likeness (QED) is 0.791. The van der Waals surface area contributed by atoms with Crippen molar-refractivity contribution in [3.05, 3.63) is 60.6 Å². The van der Waals surface area contributed by atoms with Gasteiger partial charge in [0.25, 0.3) is 0 Å². The first-order valence-electron chi connectivity index (χ1n) is 6.49. The lowest BCUT2D eigenvalue weighted by molar-refractivity contribution is -0.116. The van der Waals surface area contributed by atoms with Crippen LogP contribution in [-0.2, 0) is 11.3 Å². The van der Waals surface area contributed by atoms with Gasteiger partial charge < -0.3 is 9.88 Å². The summed E-state index contributed by atoms with van der Waals surface area (Å²) in [6, 6.07) is 13.8. The molecule has 0 saturated heterocycles. The molecule has 0 spiro atoms. The Morgan fingerprint density at radius 2 is 2.10 bits per heavy atom. The number of aromatic nitrogens is 2. The van der Waals surface area contributed by atoms with Gasteiger partial charge in [-0.05, 0) is 36.6 Å². The molecule has 0 bridgehead atoms. The molecule has 0 atom stereocenters. The summed E-state index contributed by atoms with van der Waals surface area (Å²) in [5.74, 6) is -0.0533. The smallest absolute Gasteiger partial charge is 0.244 e. The van der Waals surface area contributed by atoms with E-state index < -0.39 is 0 Å². The molecule has 2 heterocycles. The van der Waals surface area contributed by atoms with Gasteiger partial charge in [-0.15, -0.1) is 0 Å². The van der Waals surface area contributed by atoms with E-state index in [0.717, 1.165) is 16.6 Å². The molecule has 0 aliphatic rings. The second-order valence-electron chi connectivity index (χ2n) is 4.72. The number of anilines is 1. The summed E-state index contributed by atoms with van der Waals surface area (Å²) in [5, 5.41) is 4.00. The van der Waals surface area contributed by atoms with Crippen molar-refractivity contribution >= 4 is 22.5 Å². The van der Waals surface area contributed by atoms with E-state index >= 15 is 0 Å². The van der Waals surface area contributed by atoms with E-state index in [-0.39, 0.29) is 5.91 Å². The highest BCUT2D eigenvalue weighted by Gasteiger charge is 2.09. The Morgan fingerprint density at radius 3 is 2.90 bits per heavy atom. The van der Waals surface area contributed by atoms with Crippen molar-refractivity contribution in [2.45, 2.75) is 13.5 Å². The van der Waals surface area contributed by atoms with Crippen LogP contribution in [0.4, 0.5) is 5.69 Å². The molecular formula is C16H15N3O. The van der Waals surface area contributed by atoms with E-state index in [4.69, 9.17) is 0 Å². The van der Waals surface area contributed by atoms with Gasteiger partial charge in [0.2, 0.25) is 5.91 Å². The van der Waals surface area contributed by atoms with E-state index in [1.165, 1.54) is 0 Å². The molecule has 1 aromatic carbocycles. The minimum absolute atomic E-state index is 0.0533. The zero-order valence-corrected chi connectivity index (χ0v) is 11.2. The van der Waals surface area contributed by atoms with E-state index in [1.807, 2.05) is 35.8 Å². The summed E-state index contributed by atoms with van der Waals surface area (Å²) >= 11 is 0. The summed E-state index contributed by atoms with van der Waals surface area (Å²) in [4.78, 5) is 16.1. The van der Waals surface area contributed by atoms with Gasteiger partial charge >= 0.3 is 0 Å². The maximum atomic E-state index is 12.1. The molecule has 0 saturated carbocycles. The molecule has 0 aliphatic heterocycles. The molecule has 20 heavy (non-hydrogen) atoms. The number of nitrogens with one attached hydrogen (secondary N) is 1. The molecule has 3 rings (SSSR count). The van der Waals surface area contributed by atoms with Gasteiger partial charge in [-0.2, -0.15) is 0 Å². The third kappa shape index (κ3) is 2.40. The van der Waals surface area contributed by atoms with Crippen LogP contribution in [0.1, 0.15) is 5.69 Å². The van der Waals surface area contributed by atoms with Gasteiger partial charge in [0.1, 0.15) is 6.54 Å². The predicted octanol–water partition coefficient (Wildman–Crippen LogP) is 2.98. The topological polar surface area (TPSA) is 46.9 Å². The molecule has 1 N–H and O–H groups in total. The molecule has 1 amide bonds. The number of pyridine rings is 1. The van der Waals surface area contributed by atoms with Crippen LogP contribution in [0.25, 0.3) is 10.9 Å². The summed E-state index contributed by atoms with van der Waals surface area (Å²) < 4.78 is 2.01. The number of hydrogen-bond donors (Lipinski definition) is 1. The maximum absolute atomic E-state index is 12.1. The molecule has 0 aliphatic carbocycles. The largest absolute Gasteiger partial charge is 0.335 e. The van der Waals surface area contributed by atoms with Crippen molar-refractivity contribution < 1.29 is 4.79 Å². The van der Waals surface area contributed by atoms with Crippen molar-refractivity contribution in [1.82, 2.24) is 9.55 Å². The Labute approximate surface area is 117 Å². The third-order valence-electron chi connectivity index (χ3n) is 3.26. The van der Waals surface area contributed by atoms with Crippen LogP contribution < -0.4 is 5.32 Å². The van der Waals surface area contributed by atoms with E-state index in [1.54, 1.807) is 18.5 Å². The molecule has 2 aromatic heterocycles. The first-order chi connectivity index (χ1) is 9.74. The van der Waals surface area contributed by atoms with E-state index in [9.17, 15) is 4.79 Å². The Morgan fingerprint density at radius 1 is 1.25 bits per heavy atom. The molecule has 4 heteroatoms. The van der Waals surface area contributed by atoms with Crippen molar-refractivity contribution in [2.75, 3.05) is 5.32 Å². The third-order valence-corrected chi connectivity index (χ3v) is 3.26. The van der Waals surface area contributed by atoms with Gasteiger partial charge in [0.15, 0.2) is 0 Å². The highest BCUT2D eigenvalue weighted by molar-refractivity contribution is 5.92. The fourth-order valence-corrected chi connectivity index (χ4v) is 2.34. The number of rotatable bonds is 3. The van der Waals surface area contributed by atoms with Crippen LogP contribution in [-0.4, -0.2) is 15.5 Å². The lowest BCUT2D eigenvalue weighted by Crippen LogP contribution is -2.19. The molecule has 3 aromatic rings. The van der Waals surface area contributed by atoms with Crippen LogP contribution in [0.3, 0.4) is 0 Å². The van der Waals surface area contributed by atoms with Gasteiger partial charge in [0.05, 0.1) is 11.9 Å². The normalized spacial score (nSPS) is 10.7. The van der Waals surface area contributed by atoms with Crippen LogP contribution >= 0.6 is 0 Å². The number of nitrogens with zero attached hydrogens (tertiary/aromatic N) is 2. The van der Waals surface area contributed by atoms with Gasteiger partial charge in [-0.25, -0.2) is 0 Å². The van der Waals surface area contributed by atoms with Crippen LogP contribution in [0.15, 0.2) is 54.9 Å². The molecule has 4 nitrogen and oxygen atoms in total. The molecule has 100 valence electrons. The van der Waals surface area contributed by atoms with Gasteiger partial charge in [0, 0.05) is 17.4 Å². The number of fused-ring (bicyclic) bond motifs is 1. The SMILES string of the molecule is Cc1cc2ccccc2n1CC(=O)Nc1cccnc1. The second kappa shape index (κ2) is 5.17. The zero-order valence-electron chi connectivity index (χ0n) is 11.2. The standard InChI is InChI=1S/C16H15N3O/c1-12-9-13-5-2-3-7-15(13)19(12)11-16(20)18-14-6-4-8-17-10-14/h2-10H,11H2,1H3,(H,18,20). The summed E-state index contributed by atoms with van der Waals surface area (Å²) in [7, 11) is 0. The summed E-state index contributed by atoms with van der Waals surface area (Å²) in [5.41, 5.74) is 2.87. The van der Waals surface area contributed by atoms with Crippen molar-refractivity contribution in [3.63, 3.8) is 0 Å². The predicted molar refractivity (Wildman–Crippen MR) is 79.5 cm³/mol. The Balaban J connectivity index is 1.83. The lowest BCUT2D eigenvalue weighted by Gasteiger charge is -2.09. The minimum atomic E-state index is -0.0533. The first-order valence-corrected chi connectivity index (χ1v) is 6.49. The molecular weight excluding hydrogens is 250 g/mol. The van der Waals surface area contributed by atoms with E-state index in [0.29, 0.717) is 12.2 Å². The fraction of sp³-hybridized carbons (Fsp3) is 0.125. The van der Waals surface area contributed by atoms with Crippen LogP contribution in [0.5, 0.6) is 0 Å². The number of aryl methyl sites for hydroxylation is 1. The molecule has 0 fully saturated rings. The average molecular weight is 265 g/mol.